The molecule has 1 unspecified atom stereocenters. The molecule has 0 heterocycles. The van der Waals surface area contributed by atoms with Crippen LogP contribution in [-0.4, -0.2) is 17.1 Å². The van der Waals surface area contributed by atoms with Gasteiger partial charge in [-0.25, -0.2) is 10.2 Å². The van der Waals surface area contributed by atoms with E-state index in [-0.39, 0.29) is 17.2 Å². The van der Waals surface area contributed by atoms with E-state index in [1.807, 2.05) is 5.43 Å². The van der Waals surface area contributed by atoms with Gasteiger partial charge in [-0.2, -0.15) is 0 Å². The second-order valence-corrected chi connectivity index (χ2v) is 3.54. The van der Waals surface area contributed by atoms with Gasteiger partial charge in [-0.15, -0.1) is 0 Å². The minimum Gasteiger partial charge on any atom is -0.464 e. The average Bonchev–Trinajstić information content (AvgIpc) is 2.89. The van der Waals surface area contributed by atoms with Gasteiger partial charge in [0.2, 0.25) is 5.91 Å². The predicted molar refractivity (Wildman–Crippen MR) is 39.1 cm³/mol. The van der Waals surface area contributed by atoms with Crippen molar-refractivity contribution in [2.75, 3.05) is 0 Å². The summed E-state index contributed by atoms with van der Waals surface area (Å²) in [6.45, 7) is 0. The molecule has 2 rings (SSSR count). The van der Waals surface area contributed by atoms with E-state index in [2.05, 4.69) is 5.43 Å². The first-order chi connectivity index (χ1) is 5.64. The zero-order valence-electron chi connectivity index (χ0n) is 6.46. The van der Waals surface area contributed by atoms with Gasteiger partial charge in [0.15, 0.2) is 0 Å². The topological polar surface area (TPSA) is 78.4 Å². The summed E-state index contributed by atoms with van der Waals surface area (Å²) in [7, 11) is 0. The van der Waals surface area contributed by atoms with Crippen LogP contribution in [0.4, 0.5) is 4.79 Å². The molecular weight excluding hydrogens is 160 g/mol. The highest BCUT2D eigenvalue weighted by molar-refractivity contribution is 5.84. The highest BCUT2D eigenvalue weighted by Gasteiger charge is 2.65. The standard InChI is InChI=1S/C7H10N2O3/c10-5(8-9-6(11)12)4-3-7(4)1-2-7/h4,9H,1-3H2,(H,8,10)(H,11,12). The highest BCUT2D eigenvalue weighted by Crippen LogP contribution is 2.70. The quantitative estimate of drug-likeness (QED) is 0.488. The van der Waals surface area contributed by atoms with Gasteiger partial charge in [0, 0.05) is 5.92 Å². The van der Waals surface area contributed by atoms with Gasteiger partial charge >= 0.3 is 6.09 Å². The van der Waals surface area contributed by atoms with E-state index in [1.54, 1.807) is 0 Å². The molecule has 0 aromatic carbocycles. The smallest absolute Gasteiger partial charge is 0.423 e. The summed E-state index contributed by atoms with van der Waals surface area (Å²) in [5, 5.41) is 8.18. The Morgan fingerprint density at radius 1 is 1.33 bits per heavy atom. The fraction of sp³-hybridized carbons (Fsp3) is 0.714. The lowest BCUT2D eigenvalue weighted by Crippen LogP contribution is -2.41. The van der Waals surface area contributed by atoms with Crippen molar-refractivity contribution in [2.45, 2.75) is 19.3 Å². The van der Waals surface area contributed by atoms with Gasteiger partial charge in [0.05, 0.1) is 0 Å². The van der Waals surface area contributed by atoms with Gasteiger partial charge in [-0.05, 0) is 24.7 Å². The van der Waals surface area contributed by atoms with E-state index in [4.69, 9.17) is 5.11 Å². The van der Waals surface area contributed by atoms with Crippen LogP contribution in [0.1, 0.15) is 19.3 Å². The number of nitrogens with one attached hydrogen (secondary N) is 2. The van der Waals surface area contributed by atoms with Crippen LogP contribution in [0.5, 0.6) is 0 Å². The molecule has 2 amide bonds. The van der Waals surface area contributed by atoms with E-state index < -0.39 is 6.09 Å². The normalized spacial score (nSPS) is 27.8. The maximum absolute atomic E-state index is 11.1. The fourth-order valence-corrected chi connectivity index (χ4v) is 1.63. The van der Waals surface area contributed by atoms with Crippen LogP contribution in [0.25, 0.3) is 0 Å². The molecule has 1 spiro atoms. The number of hydrazine groups is 1. The Morgan fingerprint density at radius 2 is 2.00 bits per heavy atom. The third kappa shape index (κ3) is 1.11. The summed E-state index contributed by atoms with van der Waals surface area (Å²) < 4.78 is 0. The molecule has 0 aromatic rings. The number of carbonyl (C=O) groups is 2. The summed E-state index contributed by atoms with van der Waals surface area (Å²) in [5.41, 5.74) is 4.28. The number of rotatable bonds is 1. The average molecular weight is 170 g/mol. The Hall–Kier alpha value is -1.26. The molecule has 5 heteroatoms. The Morgan fingerprint density at radius 3 is 2.42 bits per heavy atom. The second kappa shape index (κ2) is 2.12. The molecule has 2 aliphatic carbocycles. The van der Waals surface area contributed by atoms with E-state index in [9.17, 15) is 9.59 Å². The monoisotopic (exact) mass is 170 g/mol. The van der Waals surface area contributed by atoms with Crippen LogP contribution in [0.2, 0.25) is 0 Å². The minimum atomic E-state index is -1.23. The van der Waals surface area contributed by atoms with Gasteiger partial charge in [0.25, 0.3) is 0 Å². The maximum Gasteiger partial charge on any atom is 0.423 e. The molecule has 0 saturated heterocycles. The zero-order chi connectivity index (χ0) is 8.77. The molecule has 12 heavy (non-hydrogen) atoms. The van der Waals surface area contributed by atoms with Crippen LogP contribution in [0.3, 0.4) is 0 Å². The third-order valence-corrected chi connectivity index (χ3v) is 2.69. The molecule has 66 valence electrons. The third-order valence-electron chi connectivity index (χ3n) is 2.69. The van der Waals surface area contributed by atoms with Crippen molar-refractivity contribution in [3.05, 3.63) is 0 Å². The molecule has 2 aliphatic rings. The molecule has 0 aliphatic heterocycles. The summed E-state index contributed by atoms with van der Waals surface area (Å²) >= 11 is 0. The van der Waals surface area contributed by atoms with Crippen LogP contribution in [0, 0.1) is 11.3 Å². The van der Waals surface area contributed by atoms with Crippen molar-refractivity contribution in [2.24, 2.45) is 11.3 Å². The van der Waals surface area contributed by atoms with E-state index >= 15 is 0 Å². The van der Waals surface area contributed by atoms with Crippen LogP contribution in [-0.2, 0) is 4.79 Å². The summed E-state index contributed by atoms with van der Waals surface area (Å²) in [4.78, 5) is 21.1. The van der Waals surface area contributed by atoms with E-state index in [1.165, 1.54) is 0 Å². The SMILES string of the molecule is O=C(O)NNC(=O)C1CC12CC2. The van der Waals surface area contributed by atoms with E-state index in [0.717, 1.165) is 19.3 Å². The second-order valence-electron chi connectivity index (χ2n) is 3.54. The number of carbonyl (C=O) groups excluding carboxylic acids is 1. The Kier molecular flexibility index (Phi) is 1.31. The number of carboxylic acid groups (broad SMARTS) is 1. The van der Waals surface area contributed by atoms with Gasteiger partial charge in [-0.1, -0.05) is 0 Å². The van der Waals surface area contributed by atoms with Crippen molar-refractivity contribution in [1.29, 1.82) is 0 Å². The highest BCUT2D eigenvalue weighted by atomic mass is 16.4. The number of hydrogen-bond acceptors (Lipinski definition) is 2. The summed E-state index contributed by atoms with van der Waals surface area (Å²) in [5.74, 6) is -0.126. The van der Waals surface area contributed by atoms with Crippen molar-refractivity contribution >= 4 is 12.0 Å². The van der Waals surface area contributed by atoms with Crippen LogP contribution >= 0.6 is 0 Å². The molecule has 2 saturated carbocycles. The zero-order valence-corrected chi connectivity index (χ0v) is 6.46. The first-order valence-electron chi connectivity index (χ1n) is 3.93. The molecule has 2 fully saturated rings. The van der Waals surface area contributed by atoms with E-state index in [0.29, 0.717) is 0 Å². The summed E-state index contributed by atoms with van der Waals surface area (Å²) in [6.07, 6.45) is 1.95. The Labute approximate surface area is 69.1 Å². The first kappa shape index (κ1) is 7.39. The van der Waals surface area contributed by atoms with Crippen LogP contribution in [0.15, 0.2) is 0 Å². The lowest BCUT2D eigenvalue weighted by atomic mass is 10.3. The Bertz CT molecular complexity index is 247. The molecule has 0 bridgehead atoms. The molecular formula is C7H10N2O3. The number of amides is 2. The van der Waals surface area contributed by atoms with Gasteiger partial charge in [-0.3, -0.25) is 10.2 Å². The molecule has 0 aromatic heterocycles. The lowest BCUT2D eigenvalue weighted by Gasteiger charge is -2.01. The Balaban J connectivity index is 1.75. The molecule has 3 N–H and O–H groups in total. The van der Waals surface area contributed by atoms with Crippen molar-refractivity contribution < 1.29 is 14.7 Å². The molecule has 1 atom stereocenters. The molecule has 5 nitrogen and oxygen atoms in total. The van der Waals surface area contributed by atoms with Crippen molar-refractivity contribution in [3.8, 4) is 0 Å². The van der Waals surface area contributed by atoms with Gasteiger partial charge < -0.3 is 5.11 Å². The number of hydrogen-bond donors (Lipinski definition) is 3. The van der Waals surface area contributed by atoms with Crippen LogP contribution < -0.4 is 10.9 Å². The van der Waals surface area contributed by atoms with Crippen molar-refractivity contribution in [1.82, 2.24) is 10.9 Å². The largest absolute Gasteiger partial charge is 0.464 e. The summed E-state index contributed by atoms with van der Waals surface area (Å²) in [6, 6.07) is 0. The van der Waals surface area contributed by atoms with Gasteiger partial charge in [0.1, 0.15) is 0 Å². The molecule has 0 radical (unpaired) electrons. The minimum absolute atomic E-state index is 0.0596. The fourth-order valence-electron chi connectivity index (χ4n) is 1.63. The predicted octanol–water partition coefficient (Wildman–Crippen LogP) is 0.0853. The lowest BCUT2D eigenvalue weighted by molar-refractivity contribution is -0.123. The van der Waals surface area contributed by atoms with Crippen molar-refractivity contribution in [3.63, 3.8) is 0 Å². The maximum atomic E-state index is 11.1. The first-order valence-corrected chi connectivity index (χ1v) is 3.93.